The van der Waals surface area contributed by atoms with Crippen molar-refractivity contribution in [2.75, 3.05) is 13.2 Å². The Labute approximate surface area is 296 Å². The van der Waals surface area contributed by atoms with E-state index in [2.05, 4.69) is 25.7 Å². The number of fused-ring (bicyclic) bond motifs is 4. The van der Waals surface area contributed by atoms with Crippen molar-refractivity contribution in [2.45, 2.75) is 106 Å². The van der Waals surface area contributed by atoms with Gasteiger partial charge in [0.1, 0.15) is 34.6 Å². The Hall–Kier alpha value is -4.53. The van der Waals surface area contributed by atoms with E-state index >= 15 is 0 Å². The van der Waals surface area contributed by atoms with Crippen molar-refractivity contribution in [3.05, 3.63) is 48.2 Å². The number of amides is 5. The molecule has 2 aliphatic carbocycles. The van der Waals surface area contributed by atoms with Crippen LogP contribution in [0.15, 0.2) is 42.5 Å². The Morgan fingerprint density at radius 3 is 2.65 bits per heavy atom. The number of rotatable bonds is 3. The summed E-state index contributed by atoms with van der Waals surface area (Å²) in [7, 11) is -3.88. The molecule has 7 rings (SSSR count). The van der Waals surface area contributed by atoms with Crippen LogP contribution in [0.4, 0.5) is 0 Å². The molecule has 5 amide bonds. The van der Waals surface area contributed by atoms with Gasteiger partial charge in [-0.25, -0.2) is 13.4 Å². The first kappa shape index (κ1) is 34.9. The lowest BCUT2D eigenvalue weighted by molar-refractivity contribution is -0.142. The molecule has 4 N–H and O–H groups in total. The number of pyridine rings is 1. The smallest absolute Gasteiger partial charge is 0.270 e. The normalized spacial score (nSPS) is 30.0. The summed E-state index contributed by atoms with van der Waals surface area (Å²) < 4.78 is 33.7. The minimum Gasteiger partial charge on any atom is -0.491 e. The second kappa shape index (κ2) is 14.2. The number of aromatic nitrogens is 1. The van der Waals surface area contributed by atoms with Crippen LogP contribution in [0.3, 0.4) is 0 Å². The lowest BCUT2D eigenvalue weighted by Gasteiger charge is -2.30. The number of nitrogens with one attached hydrogen (secondary N) is 4. The van der Waals surface area contributed by atoms with Crippen molar-refractivity contribution in [2.24, 2.45) is 5.92 Å². The second-order valence-electron chi connectivity index (χ2n) is 14.4. The van der Waals surface area contributed by atoms with Gasteiger partial charge in [-0.2, -0.15) is 0 Å². The van der Waals surface area contributed by atoms with Gasteiger partial charge >= 0.3 is 0 Å². The maximum absolute atomic E-state index is 14.3. The third-order valence-corrected chi connectivity index (χ3v) is 12.3. The molecule has 3 fully saturated rings. The Balaban J connectivity index is 1.20. The van der Waals surface area contributed by atoms with Gasteiger partial charge in [-0.1, -0.05) is 43.2 Å². The van der Waals surface area contributed by atoms with Crippen molar-refractivity contribution in [1.29, 1.82) is 0 Å². The number of nitrogens with zero attached hydrogens (tertiary/aromatic N) is 2. The minimum atomic E-state index is -3.88. The van der Waals surface area contributed by atoms with Crippen LogP contribution in [0, 0.1) is 5.92 Å². The van der Waals surface area contributed by atoms with Crippen LogP contribution in [-0.4, -0.2) is 89.9 Å². The Morgan fingerprint density at radius 2 is 1.82 bits per heavy atom. The molecule has 4 heterocycles. The van der Waals surface area contributed by atoms with Gasteiger partial charge in [-0.15, -0.1) is 0 Å². The third-order valence-electron chi connectivity index (χ3n) is 10.5. The van der Waals surface area contributed by atoms with Crippen LogP contribution >= 0.6 is 0 Å². The molecule has 3 aliphatic heterocycles. The number of allylic oxidation sites excluding steroid dienone is 1. The summed E-state index contributed by atoms with van der Waals surface area (Å²) in [6.07, 6.45) is 9.59. The van der Waals surface area contributed by atoms with Crippen molar-refractivity contribution in [3.8, 4) is 5.75 Å². The SMILES string of the molecule is O=C1CCCCOc2cccc3ccc(nc23)C(=O)N[C@@H]2C[C@H]3C(=O)NC4(C(=O)NS(=O)(=O)C5CC5)C[C@H]4/C=C\CCCCC[C@H](N1)C(=O)N3C2. The minimum absolute atomic E-state index is 0.0183. The summed E-state index contributed by atoms with van der Waals surface area (Å²) in [6.45, 7) is 0.316. The molecule has 1 aromatic heterocycles. The molecule has 1 aromatic carbocycles. The Bertz CT molecular complexity index is 1880. The summed E-state index contributed by atoms with van der Waals surface area (Å²) in [5, 5.41) is 8.87. The number of carbonyl (C=O) groups excluding carboxylic acids is 5. The molecule has 51 heavy (non-hydrogen) atoms. The molecule has 5 aliphatic rings. The Kier molecular flexibility index (Phi) is 9.74. The predicted molar refractivity (Wildman–Crippen MR) is 186 cm³/mol. The van der Waals surface area contributed by atoms with Crippen LogP contribution in [0.25, 0.3) is 10.9 Å². The van der Waals surface area contributed by atoms with Gasteiger partial charge in [0.15, 0.2) is 0 Å². The van der Waals surface area contributed by atoms with E-state index in [1.807, 2.05) is 24.3 Å². The highest BCUT2D eigenvalue weighted by Gasteiger charge is 2.62. The van der Waals surface area contributed by atoms with E-state index in [4.69, 9.17) is 4.74 Å². The van der Waals surface area contributed by atoms with E-state index in [1.54, 1.807) is 18.2 Å². The molecule has 272 valence electrons. The summed E-state index contributed by atoms with van der Waals surface area (Å²) in [4.78, 5) is 74.9. The average molecular weight is 721 g/mol. The van der Waals surface area contributed by atoms with Crippen LogP contribution in [0.2, 0.25) is 0 Å². The van der Waals surface area contributed by atoms with Crippen molar-refractivity contribution in [3.63, 3.8) is 0 Å². The topological polar surface area (TPSA) is 193 Å². The molecule has 0 spiro atoms. The first-order chi connectivity index (χ1) is 24.5. The first-order valence-corrected chi connectivity index (χ1v) is 19.6. The van der Waals surface area contributed by atoms with Gasteiger partial charge < -0.3 is 25.6 Å². The van der Waals surface area contributed by atoms with E-state index in [9.17, 15) is 32.4 Å². The highest BCUT2D eigenvalue weighted by atomic mass is 32.2. The zero-order chi connectivity index (χ0) is 35.8. The predicted octanol–water partition coefficient (Wildman–Crippen LogP) is 1.99. The maximum atomic E-state index is 14.3. The lowest BCUT2D eigenvalue weighted by Crippen LogP contribution is -2.58. The molecule has 5 bridgehead atoms. The summed E-state index contributed by atoms with van der Waals surface area (Å²) >= 11 is 0. The van der Waals surface area contributed by atoms with Gasteiger partial charge in [-0.05, 0) is 69.9 Å². The number of para-hydroxylation sites is 1. The molecule has 1 unspecified atom stereocenters. The maximum Gasteiger partial charge on any atom is 0.270 e. The fourth-order valence-corrected chi connectivity index (χ4v) is 8.73. The summed E-state index contributed by atoms with van der Waals surface area (Å²) in [5.41, 5.74) is -0.841. The highest BCUT2D eigenvalue weighted by molar-refractivity contribution is 7.91. The molecule has 2 aromatic rings. The third kappa shape index (κ3) is 7.58. The van der Waals surface area contributed by atoms with Crippen LogP contribution in [-0.2, 0) is 29.2 Å². The number of carbonyl (C=O) groups is 5. The van der Waals surface area contributed by atoms with E-state index in [1.165, 1.54) is 4.90 Å². The van der Waals surface area contributed by atoms with Crippen LogP contribution < -0.4 is 25.4 Å². The highest BCUT2D eigenvalue weighted by Crippen LogP contribution is 2.46. The van der Waals surface area contributed by atoms with Gasteiger partial charge in [0.05, 0.1) is 11.9 Å². The molecule has 14 nitrogen and oxygen atoms in total. The molecule has 15 heteroatoms. The van der Waals surface area contributed by atoms with Gasteiger partial charge in [0.2, 0.25) is 27.7 Å². The number of benzene rings is 1. The lowest BCUT2D eigenvalue weighted by atomic mass is 10.0. The number of hydrogen-bond acceptors (Lipinski definition) is 9. The molecular formula is C36H44N6O8S. The first-order valence-electron chi connectivity index (χ1n) is 18.0. The molecule has 1 saturated heterocycles. The zero-order valence-corrected chi connectivity index (χ0v) is 29.2. The zero-order valence-electron chi connectivity index (χ0n) is 28.4. The van der Waals surface area contributed by atoms with Crippen molar-refractivity contribution in [1.82, 2.24) is 30.6 Å². The van der Waals surface area contributed by atoms with Gasteiger partial charge in [0.25, 0.3) is 11.8 Å². The second-order valence-corrected chi connectivity index (χ2v) is 16.3. The average Bonchev–Trinajstić information content (AvgIpc) is 4.03. The largest absolute Gasteiger partial charge is 0.491 e. The summed E-state index contributed by atoms with van der Waals surface area (Å²) in [6, 6.07) is 6.21. The standard InChI is InChI=1S/C36H44N6O8S/c43-30-13-6-7-18-50-29-12-8-9-22-14-17-26(39-31(22)29)32(44)37-24-19-28-33(45)40-36(35(47)41-51(48,49)25-15-16-25)20-23(36)10-4-2-1-3-5-11-27(38-30)34(46)42(28)21-24/h4,8-10,12,14,17,23-25,27-28H,1-3,5-7,11,13,15-16,18-21H2,(H,37,44)(H,38,43)(H,40,45)(H,41,47)/b10-4-/t23-,24-,27+,28+,36?/m1/s1. The van der Waals surface area contributed by atoms with Gasteiger partial charge in [-0.3, -0.25) is 28.7 Å². The van der Waals surface area contributed by atoms with E-state index in [0.717, 1.165) is 18.2 Å². The molecular weight excluding hydrogens is 676 g/mol. The number of sulfonamides is 1. The molecule has 0 radical (unpaired) electrons. The number of ether oxygens (including phenoxy) is 1. The van der Waals surface area contributed by atoms with Crippen LogP contribution in [0.5, 0.6) is 5.75 Å². The number of hydrogen-bond donors (Lipinski definition) is 4. The fourth-order valence-electron chi connectivity index (χ4n) is 7.36. The molecule has 5 atom stereocenters. The molecule has 2 saturated carbocycles. The summed E-state index contributed by atoms with van der Waals surface area (Å²) in [5.74, 6) is -2.57. The fraction of sp³-hybridized carbons (Fsp3) is 0.556. The van der Waals surface area contributed by atoms with Crippen molar-refractivity contribution >= 4 is 50.5 Å². The van der Waals surface area contributed by atoms with Gasteiger partial charge in [0, 0.05) is 30.3 Å². The van der Waals surface area contributed by atoms with E-state index in [0.29, 0.717) is 62.8 Å². The van der Waals surface area contributed by atoms with Crippen LogP contribution in [0.1, 0.15) is 87.5 Å². The monoisotopic (exact) mass is 720 g/mol. The van der Waals surface area contributed by atoms with E-state index < -0.39 is 68.5 Å². The van der Waals surface area contributed by atoms with Crippen molar-refractivity contribution < 1.29 is 37.1 Å². The van der Waals surface area contributed by atoms with E-state index in [-0.39, 0.29) is 37.4 Å². The Morgan fingerprint density at radius 1 is 0.980 bits per heavy atom. The quantitative estimate of drug-likeness (QED) is 0.343.